The second-order valence-corrected chi connectivity index (χ2v) is 11.8. The standard InChI is InChI=1S/C32H29F2N9O2/c1-32(2,12-21-5-4-20(33)15-36-21)40-30(44)27(10-18-14-38-42(3)17-18)43-9-8-22-23(6-7-24(34)28(22)31(43)45)29-19(13-35)11-25-26(39-29)16-37-41-25/h4-7,11,14-17,27H,8-10,12H2,1-3H3,(H,37,41)(H,40,44). The number of carbonyl (C=O) groups is 2. The van der Waals surface area contributed by atoms with E-state index in [1.54, 1.807) is 36.3 Å². The summed E-state index contributed by atoms with van der Waals surface area (Å²) >= 11 is 0. The topological polar surface area (TPSA) is 145 Å². The van der Waals surface area contributed by atoms with Crippen LogP contribution in [0.3, 0.4) is 0 Å². The number of nitrogens with zero attached hydrogens (tertiary/aromatic N) is 7. The number of hydrogen-bond donors (Lipinski definition) is 2. The van der Waals surface area contributed by atoms with Gasteiger partial charge in [-0.15, -0.1) is 0 Å². The van der Waals surface area contributed by atoms with Gasteiger partial charge in [0.05, 0.1) is 40.9 Å². The van der Waals surface area contributed by atoms with Crippen LogP contribution in [0.4, 0.5) is 8.78 Å². The van der Waals surface area contributed by atoms with Gasteiger partial charge in [-0.2, -0.15) is 15.5 Å². The summed E-state index contributed by atoms with van der Waals surface area (Å²) in [5.41, 5.74) is 2.92. The Morgan fingerprint density at radius 1 is 1.20 bits per heavy atom. The van der Waals surface area contributed by atoms with E-state index in [9.17, 15) is 19.2 Å². The molecule has 4 aromatic heterocycles. The molecule has 0 saturated heterocycles. The first-order chi connectivity index (χ1) is 21.5. The molecule has 1 aromatic carbocycles. The molecule has 228 valence electrons. The summed E-state index contributed by atoms with van der Waals surface area (Å²) in [6, 6.07) is 8.34. The third-order valence-electron chi connectivity index (χ3n) is 7.88. The summed E-state index contributed by atoms with van der Waals surface area (Å²) < 4.78 is 30.5. The van der Waals surface area contributed by atoms with E-state index in [1.807, 2.05) is 13.8 Å². The van der Waals surface area contributed by atoms with Crippen LogP contribution in [0.1, 0.15) is 46.6 Å². The lowest BCUT2D eigenvalue weighted by molar-refractivity contribution is -0.127. The molecule has 11 nitrogen and oxygen atoms in total. The van der Waals surface area contributed by atoms with Crippen molar-refractivity contribution < 1.29 is 18.4 Å². The van der Waals surface area contributed by atoms with Gasteiger partial charge in [-0.1, -0.05) is 0 Å². The van der Waals surface area contributed by atoms with Crippen molar-refractivity contribution in [3.63, 3.8) is 0 Å². The molecule has 0 aliphatic carbocycles. The number of amides is 2. The van der Waals surface area contributed by atoms with E-state index >= 15 is 4.39 Å². The quantitative estimate of drug-likeness (QED) is 0.273. The van der Waals surface area contributed by atoms with Gasteiger partial charge in [0.15, 0.2) is 0 Å². The van der Waals surface area contributed by atoms with Gasteiger partial charge < -0.3 is 10.2 Å². The molecule has 0 bridgehead atoms. The van der Waals surface area contributed by atoms with E-state index in [4.69, 9.17) is 0 Å². The molecule has 6 rings (SSSR count). The molecular formula is C32H29F2N9O2. The third kappa shape index (κ3) is 5.86. The summed E-state index contributed by atoms with van der Waals surface area (Å²) in [7, 11) is 1.75. The normalized spacial score (nSPS) is 13.9. The Hall–Kier alpha value is -5.51. The summed E-state index contributed by atoms with van der Waals surface area (Å²) in [6.07, 6.45) is 6.70. The summed E-state index contributed by atoms with van der Waals surface area (Å²) in [6.45, 7) is 3.75. The van der Waals surface area contributed by atoms with E-state index in [2.05, 4.69) is 36.7 Å². The van der Waals surface area contributed by atoms with Crippen LogP contribution in [-0.4, -0.2) is 64.8 Å². The Bertz CT molecular complexity index is 1970. The van der Waals surface area contributed by atoms with Gasteiger partial charge in [-0.05, 0) is 61.7 Å². The van der Waals surface area contributed by atoms with Crippen molar-refractivity contribution in [1.82, 2.24) is 40.2 Å². The fourth-order valence-electron chi connectivity index (χ4n) is 5.85. The largest absolute Gasteiger partial charge is 0.349 e. The Morgan fingerprint density at radius 3 is 2.73 bits per heavy atom. The zero-order valence-electron chi connectivity index (χ0n) is 24.8. The molecule has 0 saturated carbocycles. The van der Waals surface area contributed by atoms with Gasteiger partial charge in [-0.25, -0.2) is 13.8 Å². The Labute approximate surface area is 256 Å². The predicted octanol–water partition coefficient (Wildman–Crippen LogP) is 3.65. The second-order valence-electron chi connectivity index (χ2n) is 11.8. The third-order valence-corrected chi connectivity index (χ3v) is 7.88. The Kier molecular flexibility index (Phi) is 7.57. The van der Waals surface area contributed by atoms with Crippen molar-refractivity contribution >= 4 is 22.8 Å². The maximum atomic E-state index is 15.5. The number of nitriles is 1. The van der Waals surface area contributed by atoms with Crippen molar-refractivity contribution in [2.24, 2.45) is 7.05 Å². The molecule has 1 unspecified atom stereocenters. The highest BCUT2D eigenvalue weighted by molar-refractivity contribution is 6.02. The Morgan fingerprint density at radius 2 is 2.02 bits per heavy atom. The number of carbonyl (C=O) groups excluding carboxylic acids is 2. The fraction of sp³-hybridized carbons (Fsp3) is 0.281. The summed E-state index contributed by atoms with van der Waals surface area (Å²) in [4.78, 5) is 38.2. The number of hydrogen-bond acceptors (Lipinski definition) is 7. The molecule has 1 aliphatic rings. The highest BCUT2D eigenvalue weighted by atomic mass is 19.1. The second kappa shape index (κ2) is 11.5. The smallest absolute Gasteiger partial charge is 0.257 e. The monoisotopic (exact) mass is 609 g/mol. The highest BCUT2D eigenvalue weighted by Gasteiger charge is 2.39. The zero-order valence-corrected chi connectivity index (χ0v) is 24.8. The first kappa shape index (κ1) is 29.6. The van der Waals surface area contributed by atoms with Crippen LogP contribution in [0, 0.1) is 23.0 Å². The molecule has 45 heavy (non-hydrogen) atoms. The first-order valence-electron chi connectivity index (χ1n) is 14.3. The summed E-state index contributed by atoms with van der Waals surface area (Å²) in [5.74, 6) is -2.26. The molecule has 2 N–H and O–H groups in total. The van der Waals surface area contributed by atoms with Gasteiger partial charge >= 0.3 is 0 Å². The number of rotatable bonds is 8. The molecule has 5 heterocycles. The highest BCUT2D eigenvalue weighted by Crippen LogP contribution is 2.35. The number of benzene rings is 1. The maximum absolute atomic E-state index is 15.5. The van der Waals surface area contributed by atoms with Crippen molar-refractivity contribution in [3.8, 4) is 17.3 Å². The van der Waals surface area contributed by atoms with Crippen LogP contribution >= 0.6 is 0 Å². The minimum Gasteiger partial charge on any atom is -0.349 e. The fourth-order valence-corrected chi connectivity index (χ4v) is 5.85. The lowest BCUT2D eigenvalue weighted by Crippen LogP contribution is -2.57. The van der Waals surface area contributed by atoms with E-state index in [0.717, 1.165) is 11.8 Å². The molecule has 13 heteroatoms. The average Bonchev–Trinajstić information content (AvgIpc) is 3.64. The summed E-state index contributed by atoms with van der Waals surface area (Å²) in [5, 5.41) is 23.9. The number of H-pyrrole nitrogens is 1. The molecule has 1 aliphatic heterocycles. The van der Waals surface area contributed by atoms with E-state index < -0.39 is 35.0 Å². The first-order valence-corrected chi connectivity index (χ1v) is 14.3. The van der Waals surface area contributed by atoms with Crippen LogP contribution in [-0.2, 0) is 31.1 Å². The van der Waals surface area contributed by atoms with Crippen LogP contribution in [0.5, 0.6) is 0 Å². The predicted molar refractivity (Wildman–Crippen MR) is 160 cm³/mol. The molecule has 2 amide bonds. The van der Waals surface area contributed by atoms with Gasteiger partial charge in [0.25, 0.3) is 5.91 Å². The van der Waals surface area contributed by atoms with Crippen LogP contribution in [0.15, 0.2) is 55.1 Å². The number of aryl methyl sites for hydroxylation is 1. The molecule has 5 aromatic rings. The minimum absolute atomic E-state index is 0.121. The van der Waals surface area contributed by atoms with Gasteiger partial charge in [-0.3, -0.25) is 24.4 Å². The van der Waals surface area contributed by atoms with Crippen LogP contribution < -0.4 is 5.32 Å². The number of pyridine rings is 2. The van der Waals surface area contributed by atoms with Crippen LogP contribution in [0.2, 0.25) is 0 Å². The van der Waals surface area contributed by atoms with E-state index in [0.29, 0.717) is 40.0 Å². The number of nitrogens with one attached hydrogen (secondary N) is 2. The number of fused-ring (bicyclic) bond motifs is 2. The maximum Gasteiger partial charge on any atom is 0.257 e. The molecule has 0 spiro atoms. The lowest BCUT2D eigenvalue weighted by atomic mass is 9.89. The average molecular weight is 610 g/mol. The van der Waals surface area contributed by atoms with Crippen molar-refractivity contribution in [2.45, 2.75) is 44.7 Å². The molecular weight excluding hydrogens is 580 g/mol. The Balaban J connectivity index is 1.34. The van der Waals surface area contributed by atoms with Gasteiger partial charge in [0.2, 0.25) is 5.91 Å². The SMILES string of the molecule is Cn1cc(CC(C(=O)NC(C)(C)Cc2ccc(F)cn2)N2CCc3c(-c4nc5cn[nH]c5cc4C#N)ccc(F)c3C2=O)cn1. The zero-order chi connectivity index (χ0) is 31.9. The van der Waals surface area contributed by atoms with Crippen molar-refractivity contribution in [3.05, 3.63) is 94.7 Å². The van der Waals surface area contributed by atoms with E-state index in [1.165, 1.54) is 29.3 Å². The number of aromatic nitrogens is 6. The van der Waals surface area contributed by atoms with Crippen LogP contribution in [0.25, 0.3) is 22.3 Å². The van der Waals surface area contributed by atoms with E-state index in [-0.39, 0.29) is 30.5 Å². The minimum atomic E-state index is -0.992. The molecule has 1 atom stereocenters. The number of aromatic amines is 1. The molecule has 0 fully saturated rings. The van der Waals surface area contributed by atoms with Crippen molar-refractivity contribution in [2.75, 3.05) is 6.54 Å². The van der Waals surface area contributed by atoms with Gasteiger partial charge in [0.1, 0.15) is 29.3 Å². The van der Waals surface area contributed by atoms with Crippen molar-refractivity contribution in [1.29, 1.82) is 5.26 Å². The van der Waals surface area contributed by atoms with Gasteiger partial charge in [0, 0.05) is 49.4 Å². The number of halogens is 2. The lowest BCUT2D eigenvalue weighted by Gasteiger charge is -2.37. The molecule has 0 radical (unpaired) electrons.